The van der Waals surface area contributed by atoms with Gasteiger partial charge in [-0.2, -0.15) is 0 Å². The van der Waals surface area contributed by atoms with Crippen LogP contribution in [0.25, 0.3) is 129 Å². The smallest absolute Gasteiger partial charge is 0.0731 e. The maximum absolute atomic E-state index is 2.57. The number of benzene rings is 13. The number of thiophene rings is 1. The topological polar surface area (TPSA) is 0 Å². The number of hydrogen-bond acceptors (Lipinski definition) is 1. The lowest BCUT2D eigenvalue weighted by Crippen LogP contribution is -2.26. The first-order valence-electron chi connectivity index (χ1n) is 23.7. The quantitative estimate of drug-likeness (QED) is 0.120. The zero-order chi connectivity index (χ0) is 44.2. The summed E-state index contributed by atoms with van der Waals surface area (Å²) in [5.41, 5.74) is 15.4. The molecule has 0 N–H and O–H groups in total. The minimum absolute atomic E-state index is 0.491. The van der Waals surface area contributed by atoms with Crippen molar-refractivity contribution in [2.75, 3.05) is 0 Å². The van der Waals surface area contributed by atoms with E-state index in [0.29, 0.717) is 0 Å². The van der Waals surface area contributed by atoms with Gasteiger partial charge < -0.3 is 0 Å². The van der Waals surface area contributed by atoms with Crippen LogP contribution in [0.15, 0.2) is 231 Å². The highest BCUT2D eigenvalue weighted by atomic mass is 32.1. The summed E-state index contributed by atoms with van der Waals surface area (Å²) in [6, 6.07) is 87.7. The predicted octanol–water partition coefficient (Wildman–Crippen LogP) is 18.7. The molecule has 1 aromatic heterocycles. The summed E-state index contributed by atoms with van der Waals surface area (Å²) in [7, 11) is 0. The van der Waals surface area contributed by atoms with Gasteiger partial charge in [-0.05, 0) is 174 Å². The molecule has 13 aromatic carbocycles. The molecule has 0 atom stereocenters. The highest BCUT2D eigenvalue weighted by Gasteiger charge is 2.53. The molecule has 0 nitrogen and oxygen atoms in total. The van der Waals surface area contributed by atoms with E-state index < -0.39 is 5.41 Å². The van der Waals surface area contributed by atoms with Gasteiger partial charge in [0, 0.05) is 20.2 Å². The van der Waals surface area contributed by atoms with Gasteiger partial charge in [0.25, 0.3) is 0 Å². The van der Waals surface area contributed by atoms with Crippen molar-refractivity contribution in [2.45, 2.75) is 5.41 Å². The highest BCUT2D eigenvalue weighted by Crippen LogP contribution is 2.66. The molecule has 14 aromatic rings. The Morgan fingerprint density at radius 2 is 0.721 bits per heavy atom. The van der Waals surface area contributed by atoms with Gasteiger partial charge in [-0.15, -0.1) is 11.3 Å². The Balaban J connectivity index is 0.963. The van der Waals surface area contributed by atoms with Gasteiger partial charge in [-0.25, -0.2) is 0 Å². The normalized spacial score (nSPS) is 13.4. The summed E-state index contributed by atoms with van der Waals surface area (Å²) in [6.45, 7) is 0. The van der Waals surface area contributed by atoms with Crippen LogP contribution in [0, 0.1) is 0 Å². The van der Waals surface area contributed by atoms with Crippen molar-refractivity contribution in [2.24, 2.45) is 0 Å². The molecular formula is C67H38S. The molecule has 16 rings (SSSR count). The molecule has 0 unspecified atom stereocenters. The maximum atomic E-state index is 2.57. The van der Waals surface area contributed by atoms with Crippen molar-refractivity contribution < 1.29 is 0 Å². The fourth-order valence-electron chi connectivity index (χ4n) is 13.1. The van der Waals surface area contributed by atoms with E-state index in [1.54, 1.807) is 0 Å². The van der Waals surface area contributed by atoms with Crippen LogP contribution in [0.2, 0.25) is 0 Å². The van der Waals surface area contributed by atoms with E-state index >= 15 is 0 Å². The zero-order valence-corrected chi connectivity index (χ0v) is 37.7. The molecule has 68 heavy (non-hydrogen) atoms. The molecule has 0 saturated heterocycles. The largest absolute Gasteiger partial charge is 0.135 e. The average Bonchev–Trinajstić information content (AvgIpc) is 4.02. The van der Waals surface area contributed by atoms with Gasteiger partial charge in [0.1, 0.15) is 0 Å². The molecule has 0 aliphatic heterocycles. The van der Waals surface area contributed by atoms with E-state index in [0.717, 1.165) is 0 Å². The third-order valence-corrected chi connectivity index (χ3v) is 16.9. The third-order valence-electron chi connectivity index (χ3n) is 15.8. The first kappa shape index (κ1) is 36.8. The fraction of sp³-hybridized carbons (Fsp3) is 0.0149. The second kappa shape index (κ2) is 13.4. The summed E-state index contributed by atoms with van der Waals surface area (Å²) in [6.07, 6.45) is 0. The molecule has 2 aliphatic rings. The van der Waals surface area contributed by atoms with Crippen LogP contribution < -0.4 is 0 Å². The molecule has 0 fully saturated rings. The van der Waals surface area contributed by atoms with Crippen LogP contribution in [0.5, 0.6) is 0 Å². The van der Waals surface area contributed by atoms with E-state index in [1.807, 2.05) is 11.3 Å². The van der Waals surface area contributed by atoms with Gasteiger partial charge in [0.05, 0.1) is 5.41 Å². The van der Waals surface area contributed by atoms with Crippen LogP contribution in [0.3, 0.4) is 0 Å². The number of rotatable bonds is 2. The molecule has 312 valence electrons. The standard InChI is InChI=1S/C67H38S/c1-2-16-40-38-62-56(34-39(40)15-1)55-36-43(31-32-61(55)68-62)64-52-24-8-6-22-50(52)63(51-23-7-9-25-53(51)64)42-30-29-41-35-57-60(37-44(41)33-42)67(58-27-13-11-19-47(58)48-20-12-14-28-59(48)67)66-54-26-10-4-18-46(54)45-17-3-5-21-49(45)65(57)66/h1-38H. The Labute approximate surface area is 396 Å². The Morgan fingerprint density at radius 1 is 0.250 bits per heavy atom. The molecule has 0 bridgehead atoms. The van der Waals surface area contributed by atoms with Gasteiger partial charge in [-0.3, -0.25) is 0 Å². The van der Waals surface area contributed by atoms with Crippen molar-refractivity contribution in [3.05, 3.63) is 253 Å². The summed E-state index contributed by atoms with van der Waals surface area (Å²) in [4.78, 5) is 0. The van der Waals surface area contributed by atoms with Crippen molar-refractivity contribution >= 4 is 96.1 Å². The molecule has 0 amide bonds. The molecule has 0 saturated carbocycles. The van der Waals surface area contributed by atoms with E-state index in [2.05, 4.69) is 231 Å². The lowest BCUT2D eigenvalue weighted by Gasteiger charge is -2.32. The molecular weight excluding hydrogens is 837 g/mol. The Kier molecular flexibility index (Phi) is 7.25. The second-order valence-corrected chi connectivity index (χ2v) is 20.1. The summed E-state index contributed by atoms with van der Waals surface area (Å²) >= 11 is 1.89. The van der Waals surface area contributed by atoms with Crippen molar-refractivity contribution in [1.29, 1.82) is 0 Å². The van der Waals surface area contributed by atoms with Crippen LogP contribution in [0.1, 0.15) is 22.3 Å². The van der Waals surface area contributed by atoms with E-state index in [-0.39, 0.29) is 0 Å². The lowest BCUT2D eigenvalue weighted by molar-refractivity contribution is 0.803. The van der Waals surface area contributed by atoms with Crippen molar-refractivity contribution in [1.82, 2.24) is 0 Å². The SMILES string of the molecule is c1ccc2c(c1)-c1ccccc1C21c2cc3cc(-c4c5ccccc5c(-c5ccc6sc7cc8ccccc8cc7c6c5)c5ccccc45)ccc3cc2-c2c1c1ccccc1c1ccccc21. The van der Waals surface area contributed by atoms with Crippen molar-refractivity contribution in [3.63, 3.8) is 0 Å². The molecule has 1 heterocycles. The van der Waals surface area contributed by atoms with Crippen LogP contribution in [0.4, 0.5) is 0 Å². The molecule has 2 aliphatic carbocycles. The molecule has 0 radical (unpaired) electrons. The highest BCUT2D eigenvalue weighted by molar-refractivity contribution is 7.25. The average molecular weight is 875 g/mol. The first-order valence-corrected chi connectivity index (χ1v) is 24.6. The summed E-state index contributed by atoms with van der Waals surface area (Å²) in [5.74, 6) is 0. The summed E-state index contributed by atoms with van der Waals surface area (Å²) in [5, 5.41) is 18.1. The monoisotopic (exact) mass is 874 g/mol. The van der Waals surface area contributed by atoms with Gasteiger partial charge in [0.15, 0.2) is 0 Å². The van der Waals surface area contributed by atoms with E-state index in [1.165, 1.54) is 152 Å². The van der Waals surface area contributed by atoms with E-state index in [9.17, 15) is 0 Å². The van der Waals surface area contributed by atoms with E-state index in [4.69, 9.17) is 0 Å². The van der Waals surface area contributed by atoms with Crippen LogP contribution in [-0.2, 0) is 5.41 Å². The molecule has 1 spiro atoms. The van der Waals surface area contributed by atoms with Gasteiger partial charge in [-0.1, -0.05) is 188 Å². The lowest BCUT2D eigenvalue weighted by atomic mass is 9.69. The fourth-order valence-corrected chi connectivity index (χ4v) is 14.2. The van der Waals surface area contributed by atoms with Gasteiger partial charge >= 0.3 is 0 Å². The minimum atomic E-state index is -0.491. The second-order valence-electron chi connectivity index (χ2n) is 19.0. The Morgan fingerprint density at radius 3 is 1.37 bits per heavy atom. The van der Waals surface area contributed by atoms with Crippen molar-refractivity contribution in [3.8, 4) is 44.5 Å². The van der Waals surface area contributed by atoms with Crippen LogP contribution in [-0.4, -0.2) is 0 Å². The van der Waals surface area contributed by atoms with Crippen LogP contribution >= 0.6 is 11.3 Å². The number of hydrogen-bond donors (Lipinski definition) is 0. The first-order chi connectivity index (χ1) is 33.7. The third kappa shape index (κ3) is 4.69. The Bertz CT molecular complexity index is 4460. The zero-order valence-electron chi connectivity index (χ0n) is 36.8. The maximum Gasteiger partial charge on any atom is 0.0731 e. The number of fused-ring (bicyclic) bond motifs is 22. The molecule has 1 heteroatoms. The Hall–Kier alpha value is -8.36. The van der Waals surface area contributed by atoms with Gasteiger partial charge in [0.2, 0.25) is 0 Å². The predicted molar refractivity (Wildman–Crippen MR) is 292 cm³/mol. The summed E-state index contributed by atoms with van der Waals surface area (Å²) < 4.78 is 2.66. The minimum Gasteiger partial charge on any atom is -0.135 e.